The quantitative estimate of drug-likeness (QED) is 0.625. The number of nitro groups is 1. The van der Waals surface area contributed by atoms with E-state index >= 15 is 0 Å². The van der Waals surface area contributed by atoms with Gasteiger partial charge in [0, 0.05) is 6.07 Å². The van der Waals surface area contributed by atoms with Gasteiger partial charge in [0.25, 0.3) is 5.69 Å². The van der Waals surface area contributed by atoms with E-state index in [0.29, 0.717) is 16.7 Å². The topological polar surface area (TPSA) is 84.7 Å². The van der Waals surface area contributed by atoms with Gasteiger partial charge in [-0.15, -0.1) is 0 Å². The van der Waals surface area contributed by atoms with Crippen LogP contribution in [0.3, 0.4) is 0 Å². The van der Waals surface area contributed by atoms with E-state index < -0.39 is 4.92 Å². The highest BCUT2D eigenvalue weighted by atomic mass is 35.5. The molecule has 0 aliphatic heterocycles. The first-order valence-corrected chi connectivity index (χ1v) is 4.36. The molecule has 0 bridgehead atoms. The normalized spacial score (nSPS) is 10.2. The Morgan fingerprint density at radius 2 is 2.13 bits per heavy atom. The van der Waals surface area contributed by atoms with Gasteiger partial charge in [-0.3, -0.25) is 10.1 Å². The van der Waals surface area contributed by atoms with Crippen LogP contribution in [-0.2, 0) is 0 Å². The molecule has 2 aromatic heterocycles. The second-order valence-electron chi connectivity index (χ2n) is 2.74. The number of halogens is 1. The largest absolute Gasteiger partial charge is 0.328 e. The molecule has 0 atom stereocenters. The summed E-state index contributed by atoms with van der Waals surface area (Å²) in [5.74, 6) is 0.481. The molecule has 0 saturated carbocycles. The summed E-state index contributed by atoms with van der Waals surface area (Å²) in [5.41, 5.74) is 0.448. The van der Waals surface area contributed by atoms with Gasteiger partial charge in [0.15, 0.2) is 5.82 Å². The molecule has 1 N–H and O–H groups in total. The molecule has 76 valence electrons. The Labute approximate surface area is 89.1 Å². The fourth-order valence-electron chi connectivity index (χ4n) is 1.06. The van der Waals surface area contributed by atoms with Crippen molar-refractivity contribution in [2.24, 2.45) is 0 Å². The van der Waals surface area contributed by atoms with Gasteiger partial charge in [-0.1, -0.05) is 11.6 Å². The van der Waals surface area contributed by atoms with Crippen molar-refractivity contribution in [2.45, 2.75) is 0 Å². The SMILES string of the molecule is O=[N+]([O-])c1ccc(-c2ncc(Cl)[nH]2)nc1. The van der Waals surface area contributed by atoms with Crippen LogP contribution in [0.2, 0.25) is 5.15 Å². The second-order valence-corrected chi connectivity index (χ2v) is 3.15. The molecule has 15 heavy (non-hydrogen) atoms. The summed E-state index contributed by atoms with van der Waals surface area (Å²) in [6, 6.07) is 2.87. The Kier molecular flexibility index (Phi) is 2.34. The van der Waals surface area contributed by atoms with E-state index in [1.807, 2.05) is 0 Å². The zero-order chi connectivity index (χ0) is 10.8. The molecule has 0 spiro atoms. The minimum Gasteiger partial charge on any atom is -0.328 e. The van der Waals surface area contributed by atoms with Crippen molar-refractivity contribution in [2.75, 3.05) is 0 Å². The smallest absolute Gasteiger partial charge is 0.287 e. The van der Waals surface area contributed by atoms with Crippen molar-refractivity contribution in [3.05, 3.63) is 39.8 Å². The highest BCUT2D eigenvalue weighted by Crippen LogP contribution is 2.17. The minimum absolute atomic E-state index is 0.0589. The van der Waals surface area contributed by atoms with Crippen LogP contribution in [0.5, 0.6) is 0 Å². The fraction of sp³-hybridized carbons (Fsp3) is 0. The van der Waals surface area contributed by atoms with Crippen LogP contribution in [0.4, 0.5) is 5.69 Å². The Bertz CT molecular complexity index is 494. The molecule has 0 aliphatic rings. The molecule has 0 amide bonds. The fourth-order valence-corrected chi connectivity index (χ4v) is 1.20. The first-order chi connectivity index (χ1) is 7.16. The molecule has 7 heteroatoms. The third-order valence-corrected chi connectivity index (χ3v) is 1.94. The maximum Gasteiger partial charge on any atom is 0.287 e. The molecular formula is C8H5ClN4O2. The summed E-state index contributed by atoms with van der Waals surface area (Å²) in [7, 11) is 0. The summed E-state index contributed by atoms with van der Waals surface area (Å²) in [4.78, 5) is 20.5. The van der Waals surface area contributed by atoms with Gasteiger partial charge in [0.2, 0.25) is 0 Å². The number of hydrogen-bond acceptors (Lipinski definition) is 4. The minimum atomic E-state index is -0.508. The summed E-state index contributed by atoms with van der Waals surface area (Å²) in [5, 5.41) is 10.8. The number of aromatic nitrogens is 3. The average Bonchev–Trinajstić information content (AvgIpc) is 2.65. The number of imidazole rings is 1. The molecular weight excluding hydrogens is 220 g/mol. The molecule has 0 aliphatic carbocycles. The van der Waals surface area contributed by atoms with Crippen LogP contribution in [-0.4, -0.2) is 19.9 Å². The van der Waals surface area contributed by atoms with E-state index in [9.17, 15) is 10.1 Å². The van der Waals surface area contributed by atoms with Gasteiger partial charge in [-0.25, -0.2) is 9.97 Å². The van der Waals surface area contributed by atoms with Crippen molar-refractivity contribution in [3.63, 3.8) is 0 Å². The maximum atomic E-state index is 10.4. The van der Waals surface area contributed by atoms with Crippen molar-refractivity contribution in [1.29, 1.82) is 0 Å². The van der Waals surface area contributed by atoms with E-state index in [4.69, 9.17) is 11.6 Å². The number of H-pyrrole nitrogens is 1. The number of rotatable bonds is 2. The van der Waals surface area contributed by atoms with Gasteiger partial charge in [-0.05, 0) is 6.07 Å². The highest BCUT2D eigenvalue weighted by Gasteiger charge is 2.08. The number of aromatic amines is 1. The number of pyridine rings is 1. The zero-order valence-corrected chi connectivity index (χ0v) is 8.10. The molecule has 6 nitrogen and oxygen atoms in total. The molecule has 0 radical (unpaired) electrons. The Morgan fingerprint density at radius 1 is 1.33 bits per heavy atom. The maximum absolute atomic E-state index is 10.4. The molecule has 0 fully saturated rings. The van der Waals surface area contributed by atoms with E-state index in [-0.39, 0.29) is 5.69 Å². The summed E-state index contributed by atoms with van der Waals surface area (Å²) >= 11 is 5.64. The van der Waals surface area contributed by atoms with Crippen LogP contribution in [0, 0.1) is 10.1 Å². The van der Waals surface area contributed by atoms with Gasteiger partial charge in [0.1, 0.15) is 17.0 Å². The van der Waals surface area contributed by atoms with Crippen molar-refractivity contribution >= 4 is 17.3 Å². The zero-order valence-electron chi connectivity index (χ0n) is 7.35. The third-order valence-electron chi connectivity index (χ3n) is 1.75. The lowest BCUT2D eigenvalue weighted by Gasteiger charge is -1.94. The van der Waals surface area contributed by atoms with Crippen molar-refractivity contribution in [1.82, 2.24) is 15.0 Å². The molecule has 2 heterocycles. The average molecular weight is 225 g/mol. The van der Waals surface area contributed by atoms with Crippen LogP contribution in [0.15, 0.2) is 24.5 Å². The highest BCUT2D eigenvalue weighted by molar-refractivity contribution is 6.29. The molecule has 2 rings (SSSR count). The predicted octanol–water partition coefficient (Wildman–Crippen LogP) is 2.03. The number of nitrogens with one attached hydrogen (secondary N) is 1. The molecule has 2 aromatic rings. The predicted molar refractivity (Wildman–Crippen MR) is 53.5 cm³/mol. The summed E-state index contributed by atoms with van der Waals surface area (Å²) in [6.45, 7) is 0. The molecule has 0 unspecified atom stereocenters. The standard InChI is InChI=1S/C8H5ClN4O2/c9-7-4-11-8(12-7)6-2-1-5(3-10-6)13(14)15/h1-4H,(H,11,12). The van der Waals surface area contributed by atoms with E-state index in [1.165, 1.54) is 24.5 Å². The number of nitrogens with zero attached hydrogens (tertiary/aromatic N) is 3. The van der Waals surface area contributed by atoms with Gasteiger partial charge in [0.05, 0.1) is 11.1 Å². The summed E-state index contributed by atoms with van der Waals surface area (Å²) < 4.78 is 0. The first kappa shape index (κ1) is 9.60. The Balaban J connectivity index is 2.35. The Hall–Kier alpha value is -1.95. The van der Waals surface area contributed by atoms with E-state index in [0.717, 1.165) is 0 Å². The van der Waals surface area contributed by atoms with Crippen LogP contribution >= 0.6 is 11.6 Å². The first-order valence-electron chi connectivity index (χ1n) is 3.98. The Morgan fingerprint density at radius 3 is 2.60 bits per heavy atom. The second kappa shape index (κ2) is 3.66. The van der Waals surface area contributed by atoms with Crippen LogP contribution in [0.25, 0.3) is 11.5 Å². The van der Waals surface area contributed by atoms with E-state index in [2.05, 4.69) is 15.0 Å². The lowest BCUT2D eigenvalue weighted by atomic mass is 10.3. The monoisotopic (exact) mass is 224 g/mol. The van der Waals surface area contributed by atoms with Crippen LogP contribution < -0.4 is 0 Å². The summed E-state index contributed by atoms with van der Waals surface area (Å²) in [6.07, 6.45) is 2.62. The van der Waals surface area contributed by atoms with Gasteiger partial charge >= 0.3 is 0 Å². The molecule has 0 aromatic carbocycles. The number of hydrogen-bond donors (Lipinski definition) is 1. The molecule has 0 saturated heterocycles. The van der Waals surface area contributed by atoms with Crippen molar-refractivity contribution in [3.8, 4) is 11.5 Å². The van der Waals surface area contributed by atoms with Crippen molar-refractivity contribution < 1.29 is 4.92 Å². The van der Waals surface area contributed by atoms with Crippen LogP contribution in [0.1, 0.15) is 0 Å². The lowest BCUT2D eigenvalue weighted by molar-refractivity contribution is -0.385. The lowest BCUT2D eigenvalue weighted by Crippen LogP contribution is -1.90. The van der Waals surface area contributed by atoms with Gasteiger partial charge < -0.3 is 4.98 Å². The van der Waals surface area contributed by atoms with Gasteiger partial charge in [-0.2, -0.15) is 0 Å². The third kappa shape index (κ3) is 1.94. The van der Waals surface area contributed by atoms with E-state index in [1.54, 1.807) is 0 Å².